The lowest BCUT2D eigenvalue weighted by atomic mass is 10.1. The van der Waals surface area contributed by atoms with Crippen LogP contribution in [0.4, 0.5) is 0 Å². The Morgan fingerprint density at radius 3 is 3.04 bits per heavy atom. The number of hydrogen-bond acceptors (Lipinski definition) is 2. The molecule has 0 radical (unpaired) electrons. The molecular formula is C19H19N3O. The average molecular weight is 305 g/mol. The Morgan fingerprint density at radius 2 is 2.17 bits per heavy atom. The average Bonchev–Trinajstić information content (AvgIpc) is 3.23. The van der Waals surface area contributed by atoms with Gasteiger partial charge in [0.15, 0.2) is 0 Å². The van der Waals surface area contributed by atoms with E-state index in [1.54, 1.807) is 6.20 Å². The lowest BCUT2D eigenvalue weighted by Gasteiger charge is -2.24. The highest BCUT2D eigenvalue weighted by Crippen LogP contribution is 2.32. The second-order valence-electron chi connectivity index (χ2n) is 6.07. The number of hydrogen-bond donors (Lipinski definition) is 1. The highest BCUT2D eigenvalue weighted by molar-refractivity contribution is 5.89. The van der Waals surface area contributed by atoms with Crippen LogP contribution in [0.25, 0.3) is 10.9 Å². The van der Waals surface area contributed by atoms with Crippen LogP contribution in [-0.2, 0) is 11.2 Å². The molecule has 0 aliphatic carbocycles. The molecule has 3 heterocycles. The van der Waals surface area contributed by atoms with Crippen molar-refractivity contribution in [3.05, 3.63) is 66.1 Å². The van der Waals surface area contributed by atoms with E-state index in [9.17, 15) is 4.79 Å². The molecule has 0 unspecified atom stereocenters. The third-order valence-corrected chi connectivity index (χ3v) is 4.66. The van der Waals surface area contributed by atoms with Gasteiger partial charge in [-0.15, -0.1) is 0 Å². The quantitative estimate of drug-likeness (QED) is 0.805. The fraction of sp³-hybridized carbons (Fsp3) is 0.263. The molecule has 0 spiro atoms. The number of para-hydroxylation sites is 1. The first kappa shape index (κ1) is 14.0. The maximum Gasteiger partial charge on any atom is 0.227 e. The van der Waals surface area contributed by atoms with Crippen molar-refractivity contribution in [1.82, 2.24) is 14.9 Å². The first-order chi connectivity index (χ1) is 11.3. The van der Waals surface area contributed by atoms with E-state index in [-0.39, 0.29) is 11.9 Å². The molecule has 23 heavy (non-hydrogen) atoms. The van der Waals surface area contributed by atoms with E-state index >= 15 is 0 Å². The molecule has 116 valence electrons. The number of benzene rings is 1. The Bertz CT molecular complexity index is 825. The maximum atomic E-state index is 12.8. The highest BCUT2D eigenvalue weighted by Gasteiger charge is 2.30. The summed E-state index contributed by atoms with van der Waals surface area (Å²) in [6.45, 7) is 0.834. The van der Waals surface area contributed by atoms with Crippen molar-refractivity contribution in [3.63, 3.8) is 0 Å². The van der Waals surface area contributed by atoms with Crippen molar-refractivity contribution in [3.8, 4) is 0 Å². The number of fused-ring (bicyclic) bond motifs is 1. The molecule has 1 atom stereocenters. The van der Waals surface area contributed by atoms with Crippen LogP contribution < -0.4 is 0 Å². The van der Waals surface area contributed by atoms with Gasteiger partial charge in [0.25, 0.3) is 0 Å². The zero-order valence-electron chi connectivity index (χ0n) is 12.9. The van der Waals surface area contributed by atoms with E-state index in [2.05, 4.69) is 22.1 Å². The molecular weight excluding hydrogens is 286 g/mol. The predicted molar refractivity (Wildman–Crippen MR) is 89.9 cm³/mol. The number of rotatable bonds is 3. The molecule has 1 aromatic carbocycles. The summed E-state index contributed by atoms with van der Waals surface area (Å²) >= 11 is 0. The number of likely N-dealkylation sites (tertiary alicyclic amines) is 1. The Hall–Kier alpha value is -2.62. The van der Waals surface area contributed by atoms with Gasteiger partial charge in [-0.2, -0.15) is 0 Å². The smallest absolute Gasteiger partial charge is 0.227 e. The van der Waals surface area contributed by atoms with Crippen molar-refractivity contribution in [1.29, 1.82) is 0 Å². The Balaban J connectivity index is 1.56. The predicted octanol–water partition coefficient (Wildman–Crippen LogP) is 3.47. The molecule has 4 heteroatoms. The third kappa shape index (κ3) is 2.61. The topological polar surface area (TPSA) is 49.0 Å². The lowest BCUT2D eigenvalue weighted by molar-refractivity contribution is -0.131. The van der Waals surface area contributed by atoms with Crippen LogP contribution in [0, 0.1) is 0 Å². The maximum absolute atomic E-state index is 12.8. The zero-order chi connectivity index (χ0) is 15.6. The first-order valence-electron chi connectivity index (χ1n) is 8.07. The van der Waals surface area contributed by atoms with Gasteiger partial charge in [0, 0.05) is 36.0 Å². The fourth-order valence-corrected chi connectivity index (χ4v) is 3.53. The fourth-order valence-electron chi connectivity index (χ4n) is 3.53. The number of nitrogens with one attached hydrogen (secondary N) is 1. The van der Waals surface area contributed by atoms with Crippen molar-refractivity contribution in [2.75, 3.05) is 6.54 Å². The van der Waals surface area contributed by atoms with E-state index in [0.29, 0.717) is 6.42 Å². The van der Waals surface area contributed by atoms with Gasteiger partial charge in [-0.25, -0.2) is 0 Å². The molecule has 1 saturated heterocycles. The van der Waals surface area contributed by atoms with Gasteiger partial charge in [0.05, 0.1) is 12.5 Å². The number of carbonyl (C=O) groups excluding carboxylic acids is 1. The second kappa shape index (κ2) is 5.88. The van der Waals surface area contributed by atoms with Gasteiger partial charge in [0.1, 0.15) is 0 Å². The lowest BCUT2D eigenvalue weighted by Crippen LogP contribution is -2.31. The Morgan fingerprint density at radius 1 is 1.26 bits per heavy atom. The van der Waals surface area contributed by atoms with E-state index in [1.165, 1.54) is 0 Å². The summed E-state index contributed by atoms with van der Waals surface area (Å²) in [7, 11) is 0. The summed E-state index contributed by atoms with van der Waals surface area (Å²) < 4.78 is 0. The van der Waals surface area contributed by atoms with Crippen LogP contribution >= 0.6 is 0 Å². The minimum atomic E-state index is 0.168. The highest BCUT2D eigenvalue weighted by atomic mass is 16.2. The summed E-state index contributed by atoms with van der Waals surface area (Å²) in [5.74, 6) is 0.195. The molecule has 3 aromatic rings. The van der Waals surface area contributed by atoms with E-state index < -0.39 is 0 Å². The largest absolute Gasteiger partial charge is 0.361 e. The van der Waals surface area contributed by atoms with Crippen molar-refractivity contribution < 1.29 is 4.79 Å². The molecule has 1 fully saturated rings. The number of carbonyl (C=O) groups is 1. The molecule has 4 rings (SSSR count). The van der Waals surface area contributed by atoms with Gasteiger partial charge in [0.2, 0.25) is 5.91 Å². The summed E-state index contributed by atoms with van der Waals surface area (Å²) in [6.07, 6.45) is 8.13. The number of amides is 1. The zero-order valence-corrected chi connectivity index (χ0v) is 12.9. The molecule has 1 N–H and O–H groups in total. The van der Waals surface area contributed by atoms with Gasteiger partial charge in [-0.3, -0.25) is 9.78 Å². The van der Waals surface area contributed by atoms with Crippen LogP contribution in [0.5, 0.6) is 0 Å². The van der Waals surface area contributed by atoms with Gasteiger partial charge >= 0.3 is 0 Å². The van der Waals surface area contributed by atoms with E-state index in [1.807, 2.05) is 41.6 Å². The van der Waals surface area contributed by atoms with Crippen LogP contribution in [0.3, 0.4) is 0 Å². The summed E-state index contributed by atoms with van der Waals surface area (Å²) in [6, 6.07) is 12.3. The van der Waals surface area contributed by atoms with Crippen LogP contribution in [0.1, 0.15) is 30.0 Å². The van der Waals surface area contributed by atoms with Crippen molar-refractivity contribution >= 4 is 16.8 Å². The van der Waals surface area contributed by atoms with Crippen molar-refractivity contribution in [2.45, 2.75) is 25.3 Å². The molecule has 0 saturated carbocycles. The number of aromatic nitrogens is 2. The molecule has 1 aliphatic heterocycles. The van der Waals surface area contributed by atoms with Crippen LogP contribution in [0.2, 0.25) is 0 Å². The third-order valence-electron chi connectivity index (χ3n) is 4.66. The first-order valence-corrected chi connectivity index (χ1v) is 8.07. The molecule has 4 nitrogen and oxygen atoms in total. The van der Waals surface area contributed by atoms with Crippen LogP contribution in [0.15, 0.2) is 55.0 Å². The minimum Gasteiger partial charge on any atom is -0.361 e. The van der Waals surface area contributed by atoms with E-state index in [0.717, 1.165) is 41.4 Å². The Kier molecular flexibility index (Phi) is 3.58. The number of nitrogens with zero attached hydrogens (tertiary/aromatic N) is 2. The minimum absolute atomic E-state index is 0.168. The van der Waals surface area contributed by atoms with Crippen molar-refractivity contribution in [2.24, 2.45) is 0 Å². The van der Waals surface area contributed by atoms with Gasteiger partial charge in [-0.1, -0.05) is 24.3 Å². The normalized spacial score (nSPS) is 17.7. The monoisotopic (exact) mass is 305 g/mol. The Labute approximate surface area is 135 Å². The number of pyridine rings is 1. The number of H-pyrrole nitrogens is 1. The summed E-state index contributed by atoms with van der Waals surface area (Å²) in [5.41, 5.74) is 3.29. The summed E-state index contributed by atoms with van der Waals surface area (Å²) in [4.78, 5) is 22.3. The number of aromatic amines is 1. The molecule has 2 aromatic heterocycles. The molecule has 1 amide bonds. The summed E-state index contributed by atoms with van der Waals surface area (Å²) in [5, 5.41) is 1.14. The van der Waals surface area contributed by atoms with E-state index in [4.69, 9.17) is 0 Å². The SMILES string of the molecule is O=C(Cc1c[nH]c2ccccc12)N1CCC[C@@H]1c1cccnc1. The van der Waals surface area contributed by atoms with Gasteiger partial charge in [-0.05, 0) is 36.1 Å². The standard InChI is InChI=1S/C19H19N3O/c23-19(11-15-13-21-17-7-2-1-6-16(15)17)22-10-4-8-18(22)14-5-3-9-20-12-14/h1-3,5-7,9,12-13,18,21H,4,8,10-11H2/t18-/m1/s1. The van der Waals surface area contributed by atoms with Crippen LogP contribution in [-0.4, -0.2) is 27.3 Å². The molecule has 0 bridgehead atoms. The van der Waals surface area contributed by atoms with Gasteiger partial charge < -0.3 is 9.88 Å². The second-order valence-corrected chi connectivity index (χ2v) is 6.07. The molecule has 1 aliphatic rings.